The van der Waals surface area contributed by atoms with Crippen LogP contribution >= 0.6 is 23.2 Å². The van der Waals surface area contributed by atoms with E-state index >= 15 is 0 Å². The average molecular weight is 333 g/mol. The summed E-state index contributed by atoms with van der Waals surface area (Å²) < 4.78 is 37.4. The van der Waals surface area contributed by atoms with Gasteiger partial charge in [-0.2, -0.15) is 0 Å². The van der Waals surface area contributed by atoms with Crippen LogP contribution in [0.15, 0.2) is 30.3 Å². The molecule has 112 valence electrons. The van der Waals surface area contributed by atoms with Crippen molar-refractivity contribution in [3.63, 3.8) is 0 Å². The van der Waals surface area contributed by atoms with Crippen LogP contribution in [-0.4, -0.2) is 14.2 Å². The molecule has 0 aliphatic heterocycles. The second-order valence-electron chi connectivity index (χ2n) is 4.26. The molecule has 0 saturated carbocycles. The van der Waals surface area contributed by atoms with E-state index in [4.69, 9.17) is 32.7 Å². The molecule has 6 heteroatoms. The van der Waals surface area contributed by atoms with Crippen molar-refractivity contribution in [3.8, 4) is 11.5 Å². The van der Waals surface area contributed by atoms with Gasteiger partial charge in [-0.1, -0.05) is 17.7 Å². The lowest BCUT2D eigenvalue weighted by Crippen LogP contribution is -2.01. The van der Waals surface area contributed by atoms with Crippen LogP contribution in [0.2, 0.25) is 5.02 Å². The summed E-state index contributed by atoms with van der Waals surface area (Å²) in [6.07, 6.45) is 0. The highest BCUT2D eigenvalue weighted by molar-refractivity contribution is 6.33. The van der Waals surface area contributed by atoms with Gasteiger partial charge < -0.3 is 9.47 Å². The van der Waals surface area contributed by atoms with E-state index in [-0.39, 0.29) is 16.3 Å². The molecule has 0 heterocycles. The van der Waals surface area contributed by atoms with Crippen LogP contribution in [0.4, 0.5) is 8.78 Å². The minimum Gasteiger partial charge on any atom is -0.493 e. The summed E-state index contributed by atoms with van der Waals surface area (Å²) in [4.78, 5) is 0. The zero-order valence-corrected chi connectivity index (χ0v) is 12.8. The lowest BCUT2D eigenvalue weighted by atomic mass is 10.0. The van der Waals surface area contributed by atoms with Gasteiger partial charge in [-0.15, -0.1) is 11.6 Å². The molecule has 2 nitrogen and oxygen atoms in total. The Kier molecular flexibility index (Phi) is 4.91. The normalized spacial score (nSPS) is 12.1. The first kappa shape index (κ1) is 15.9. The van der Waals surface area contributed by atoms with Crippen molar-refractivity contribution in [2.75, 3.05) is 14.2 Å². The second kappa shape index (κ2) is 6.50. The molecule has 0 fully saturated rings. The molecule has 0 saturated heterocycles. The van der Waals surface area contributed by atoms with E-state index in [0.29, 0.717) is 11.3 Å². The molecule has 0 aromatic heterocycles. The number of methoxy groups -OCH3 is 2. The Morgan fingerprint density at radius 3 is 2.14 bits per heavy atom. The lowest BCUT2D eigenvalue weighted by molar-refractivity contribution is 0.351. The van der Waals surface area contributed by atoms with E-state index in [1.807, 2.05) is 0 Å². The fourth-order valence-electron chi connectivity index (χ4n) is 1.94. The summed E-state index contributed by atoms with van der Waals surface area (Å²) in [7, 11) is 2.85. The first-order valence-corrected chi connectivity index (χ1v) is 6.79. The number of hydrogen-bond acceptors (Lipinski definition) is 2. The van der Waals surface area contributed by atoms with Gasteiger partial charge in [0.15, 0.2) is 11.5 Å². The predicted octanol–water partition coefficient (Wildman–Crippen LogP) is 4.96. The minimum absolute atomic E-state index is 0.129. The molecule has 0 aliphatic carbocycles. The summed E-state index contributed by atoms with van der Waals surface area (Å²) in [6, 6.07) is 6.39. The number of ether oxygens (including phenoxy) is 2. The topological polar surface area (TPSA) is 18.5 Å². The Morgan fingerprint density at radius 2 is 1.57 bits per heavy atom. The largest absolute Gasteiger partial charge is 0.493 e. The third kappa shape index (κ3) is 3.22. The molecule has 0 aliphatic rings. The molecule has 0 bridgehead atoms. The Balaban J connectivity index is 2.50. The van der Waals surface area contributed by atoms with Crippen LogP contribution in [0.1, 0.15) is 16.5 Å². The maximum absolute atomic E-state index is 14.2. The lowest BCUT2D eigenvalue weighted by Gasteiger charge is -2.16. The number of hydrogen-bond donors (Lipinski definition) is 0. The molecular formula is C15H12Cl2F2O2. The number of rotatable bonds is 4. The van der Waals surface area contributed by atoms with Crippen molar-refractivity contribution in [2.24, 2.45) is 0 Å². The Labute approximate surface area is 131 Å². The van der Waals surface area contributed by atoms with Crippen molar-refractivity contribution >= 4 is 23.2 Å². The van der Waals surface area contributed by atoms with Crippen molar-refractivity contribution < 1.29 is 18.3 Å². The summed E-state index contributed by atoms with van der Waals surface area (Å²) in [5.74, 6) is -0.445. The van der Waals surface area contributed by atoms with Gasteiger partial charge in [0.05, 0.1) is 19.6 Å². The van der Waals surface area contributed by atoms with E-state index in [0.717, 1.165) is 6.07 Å². The van der Waals surface area contributed by atoms with Crippen molar-refractivity contribution in [1.29, 1.82) is 0 Å². The van der Waals surface area contributed by atoms with Gasteiger partial charge in [0, 0.05) is 16.7 Å². The zero-order valence-electron chi connectivity index (χ0n) is 11.3. The van der Waals surface area contributed by atoms with Gasteiger partial charge >= 0.3 is 0 Å². The van der Waals surface area contributed by atoms with Gasteiger partial charge in [0.1, 0.15) is 11.6 Å². The summed E-state index contributed by atoms with van der Waals surface area (Å²) in [5, 5.41) is -0.748. The third-order valence-corrected chi connectivity index (χ3v) is 3.81. The highest BCUT2D eigenvalue weighted by Crippen LogP contribution is 2.39. The summed E-state index contributed by atoms with van der Waals surface area (Å²) >= 11 is 12.2. The molecule has 0 spiro atoms. The van der Waals surface area contributed by atoms with Crippen molar-refractivity contribution in [3.05, 3.63) is 58.1 Å². The molecule has 2 rings (SSSR count). The summed E-state index contributed by atoms with van der Waals surface area (Å²) in [6.45, 7) is 0. The Morgan fingerprint density at radius 1 is 0.952 bits per heavy atom. The average Bonchev–Trinajstić information content (AvgIpc) is 2.46. The highest BCUT2D eigenvalue weighted by atomic mass is 35.5. The minimum atomic E-state index is -0.877. The first-order valence-electron chi connectivity index (χ1n) is 5.98. The number of halogens is 4. The van der Waals surface area contributed by atoms with Crippen LogP contribution in [0.5, 0.6) is 11.5 Å². The standard InChI is InChI=1S/C15H12Cl2F2O2/c1-20-13-6-10(12(19)7-14(13)21-2)15(17)9-4-3-8(18)5-11(9)16/h3-7,15H,1-2H3. The van der Waals surface area contributed by atoms with Crippen LogP contribution in [-0.2, 0) is 0 Å². The molecule has 0 radical (unpaired) electrons. The van der Waals surface area contributed by atoms with E-state index < -0.39 is 17.0 Å². The van der Waals surface area contributed by atoms with Gasteiger partial charge in [-0.25, -0.2) is 8.78 Å². The monoisotopic (exact) mass is 332 g/mol. The molecule has 0 amide bonds. The van der Waals surface area contributed by atoms with Gasteiger partial charge in [-0.05, 0) is 23.8 Å². The van der Waals surface area contributed by atoms with Gasteiger partial charge in [0.2, 0.25) is 0 Å². The zero-order chi connectivity index (χ0) is 15.6. The van der Waals surface area contributed by atoms with Crippen molar-refractivity contribution in [2.45, 2.75) is 5.38 Å². The first-order chi connectivity index (χ1) is 9.97. The third-order valence-electron chi connectivity index (χ3n) is 3.01. The maximum atomic E-state index is 14.2. The van der Waals surface area contributed by atoms with Crippen LogP contribution < -0.4 is 9.47 Å². The quantitative estimate of drug-likeness (QED) is 0.736. The second-order valence-corrected chi connectivity index (χ2v) is 5.10. The SMILES string of the molecule is COc1cc(F)c(C(Cl)c2ccc(F)cc2Cl)cc1OC. The predicted molar refractivity (Wildman–Crippen MR) is 78.6 cm³/mol. The molecule has 2 aromatic rings. The van der Waals surface area contributed by atoms with Crippen LogP contribution in [0, 0.1) is 11.6 Å². The number of benzene rings is 2. The Bertz CT molecular complexity index is 662. The molecule has 1 atom stereocenters. The van der Waals surface area contributed by atoms with Gasteiger partial charge in [-0.3, -0.25) is 0 Å². The van der Waals surface area contributed by atoms with E-state index in [9.17, 15) is 8.78 Å². The fraction of sp³-hybridized carbons (Fsp3) is 0.200. The number of alkyl halides is 1. The van der Waals surface area contributed by atoms with E-state index in [1.165, 1.54) is 38.5 Å². The fourth-order valence-corrected chi connectivity index (χ4v) is 2.63. The van der Waals surface area contributed by atoms with Crippen LogP contribution in [0.25, 0.3) is 0 Å². The summed E-state index contributed by atoms with van der Waals surface area (Å²) in [5.41, 5.74) is 0.577. The molecule has 1 unspecified atom stereocenters. The molecule has 2 aromatic carbocycles. The smallest absolute Gasteiger partial charge is 0.163 e. The molecular weight excluding hydrogens is 321 g/mol. The van der Waals surface area contributed by atoms with E-state index in [2.05, 4.69) is 0 Å². The van der Waals surface area contributed by atoms with E-state index in [1.54, 1.807) is 0 Å². The van der Waals surface area contributed by atoms with Crippen molar-refractivity contribution in [1.82, 2.24) is 0 Å². The molecule has 21 heavy (non-hydrogen) atoms. The maximum Gasteiger partial charge on any atom is 0.163 e. The van der Waals surface area contributed by atoms with Gasteiger partial charge in [0.25, 0.3) is 0 Å². The van der Waals surface area contributed by atoms with Crippen LogP contribution in [0.3, 0.4) is 0 Å². The molecule has 0 N–H and O–H groups in total. The highest BCUT2D eigenvalue weighted by Gasteiger charge is 2.21. The Hall–Kier alpha value is -1.52.